The summed E-state index contributed by atoms with van der Waals surface area (Å²) >= 11 is 0. The molecule has 0 aromatic heterocycles. The smallest absolute Gasteiger partial charge is 0.260 e. The molecular formula is C13H15F2NO3. The lowest BCUT2D eigenvalue weighted by atomic mass is 10.2. The fourth-order valence-electron chi connectivity index (χ4n) is 1.80. The van der Waals surface area contributed by atoms with Crippen molar-refractivity contribution < 1.29 is 23.0 Å². The van der Waals surface area contributed by atoms with Crippen LogP contribution in [-0.4, -0.2) is 26.0 Å². The predicted octanol–water partition coefficient (Wildman–Crippen LogP) is 1.98. The summed E-state index contributed by atoms with van der Waals surface area (Å²) in [6.07, 6.45) is -0.363. The van der Waals surface area contributed by atoms with Crippen LogP contribution in [0.15, 0.2) is 18.2 Å². The van der Waals surface area contributed by atoms with E-state index in [-0.39, 0.29) is 13.0 Å². The zero-order valence-electron chi connectivity index (χ0n) is 10.7. The van der Waals surface area contributed by atoms with Crippen LogP contribution in [-0.2, 0) is 11.3 Å². The number of hydrogen-bond donors (Lipinski definition) is 1. The van der Waals surface area contributed by atoms with Gasteiger partial charge in [0.1, 0.15) is 17.4 Å². The number of hydrogen-bond acceptors (Lipinski definition) is 3. The predicted molar refractivity (Wildman–Crippen MR) is 64.4 cm³/mol. The third-order valence-electron chi connectivity index (χ3n) is 3.09. The summed E-state index contributed by atoms with van der Waals surface area (Å²) in [6.45, 7) is 0.151. The summed E-state index contributed by atoms with van der Waals surface area (Å²) in [5.41, 5.74) is 0.709. The lowest BCUT2D eigenvalue weighted by molar-refractivity contribution is -0.124. The molecule has 0 radical (unpaired) electrons. The van der Waals surface area contributed by atoms with Crippen molar-refractivity contribution in [3.8, 4) is 11.5 Å². The number of methoxy groups -OCH3 is 2. The van der Waals surface area contributed by atoms with Crippen LogP contribution < -0.4 is 14.8 Å². The van der Waals surface area contributed by atoms with Gasteiger partial charge >= 0.3 is 0 Å². The number of benzene rings is 1. The maximum atomic E-state index is 12.7. The number of rotatable bonds is 5. The molecule has 1 atom stereocenters. The van der Waals surface area contributed by atoms with Gasteiger partial charge in [-0.3, -0.25) is 4.79 Å². The minimum Gasteiger partial charge on any atom is -0.497 e. The Morgan fingerprint density at radius 2 is 2.11 bits per heavy atom. The second kappa shape index (κ2) is 5.03. The van der Waals surface area contributed by atoms with E-state index in [9.17, 15) is 13.6 Å². The van der Waals surface area contributed by atoms with Crippen LogP contribution in [0.1, 0.15) is 12.0 Å². The second-order valence-electron chi connectivity index (χ2n) is 4.41. The molecule has 0 spiro atoms. The quantitative estimate of drug-likeness (QED) is 0.890. The van der Waals surface area contributed by atoms with Gasteiger partial charge in [0.2, 0.25) is 5.91 Å². The number of amides is 1. The third kappa shape index (κ3) is 2.94. The molecule has 0 bridgehead atoms. The Hall–Kier alpha value is -1.85. The lowest BCUT2D eigenvalue weighted by Gasteiger charge is -2.11. The monoisotopic (exact) mass is 271 g/mol. The molecule has 1 amide bonds. The van der Waals surface area contributed by atoms with Gasteiger partial charge in [0.05, 0.1) is 14.2 Å². The first-order chi connectivity index (χ1) is 8.97. The average Bonchev–Trinajstić information content (AvgIpc) is 3.05. The summed E-state index contributed by atoms with van der Waals surface area (Å²) in [5.74, 6) is -3.48. The Bertz CT molecular complexity index is 491. The fraction of sp³-hybridized carbons (Fsp3) is 0.462. The standard InChI is InChI=1S/C13H15F2NO3/c1-18-9-4-3-8(11(5-9)19-2)7-16-12(17)10-6-13(10,14)15/h3-5,10H,6-7H2,1-2H3,(H,16,17). The molecule has 1 unspecified atom stereocenters. The maximum Gasteiger partial charge on any atom is 0.260 e. The van der Waals surface area contributed by atoms with Crippen molar-refractivity contribution in [2.75, 3.05) is 14.2 Å². The van der Waals surface area contributed by atoms with Gasteiger partial charge in [-0.2, -0.15) is 0 Å². The molecule has 19 heavy (non-hydrogen) atoms. The number of carbonyl (C=O) groups is 1. The van der Waals surface area contributed by atoms with Gasteiger partial charge in [-0.15, -0.1) is 0 Å². The van der Waals surface area contributed by atoms with Gasteiger partial charge in [0.15, 0.2) is 0 Å². The number of ether oxygens (including phenoxy) is 2. The van der Waals surface area contributed by atoms with E-state index in [1.165, 1.54) is 14.2 Å². The molecule has 0 aliphatic heterocycles. The normalized spacial score (nSPS) is 19.7. The zero-order chi connectivity index (χ0) is 14.0. The molecule has 1 saturated carbocycles. The van der Waals surface area contributed by atoms with Gasteiger partial charge < -0.3 is 14.8 Å². The van der Waals surface area contributed by atoms with Gasteiger partial charge in [-0.1, -0.05) is 0 Å². The molecule has 1 aromatic carbocycles. The molecule has 1 aliphatic carbocycles. The largest absolute Gasteiger partial charge is 0.497 e. The average molecular weight is 271 g/mol. The van der Waals surface area contributed by atoms with Crippen molar-refractivity contribution in [3.63, 3.8) is 0 Å². The van der Waals surface area contributed by atoms with Gasteiger partial charge in [0, 0.05) is 24.6 Å². The topological polar surface area (TPSA) is 47.6 Å². The number of halogens is 2. The van der Waals surface area contributed by atoms with Crippen LogP contribution in [0.3, 0.4) is 0 Å². The SMILES string of the molecule is COc1ccc(CNC(=O)C2CC2(F)F)c(OC)c1. The van der Waals surface area contributed by atoms with E-state index < -0.39 is 17.7 Å². The molecule has 4 nitrogen and oxygen atoms in total. The Balaban J connectivity index is 1.98. The number of nitrogens with one attached hydrogen (secondary N) is 1. The Morgan fingerprint density at radius 3 is 2.63 bits per heavy atom. The van der Waals surface area contributed by atoms with Gasteiger partial charge in [0.25, 0.3) is 5.92 Å². The minimum absolute atomic E-state index is 0.151. The third-order valence-corrected chi connectivity index (χ3v) is 3.09. The lowest BCUT2D eigenvalue weighted by Crippen LogP contribution is -2.26. The van der Waals surface area contributed by atoms with Crippen molar-refractivity contribution in [1.82, 2.24) is 5.32 Å². The zero-order valence-corrected chi connectivity index (χ0v) is 10.7. The van der Waals surface area contributed by atoms with Crippen LogP contribution in [0.25, 0.3) is 0 Å². The molecular weight excluding hydrogens is 256 g/mol. The molecule has 104 valence electrons. The Kier molecular flexibility index (Phi) is 3.59. The van der Waals surface area contributed by atoms with Gasteiger partial charge in [-0.25, -0.2) is 8.78 Å². The molecule has 1 aliphatic rings. The second-order valence-corrected chi connectivity index (χ2v) is 4.41. The van der Waals surface area contributed by atoms with Crippen molar-refractivity contribution in [1.29, 1.82) is 0 Å². The highest BCUT2D eigenvalue weighted by molar-refractivity contribution is 5.82. The van der Waals surface area contributed by atoms with E-state index in [2.05, 4.69) is 5.32 Å². The highest BCUT2D eigenvalue weighted by atomic mass is 19.3. The summed E-state index contributed by atoms with van der Waals surface area (Å²) in [5, 5.41) is 2.49. The van der Waals surface area contributed by atoms with Crippen LogP contribution in [0, 0.1) is 5.92 Å². The minimum atomic E-state index is -2.84. The first-order valence-electron chi connectivity index (χ1n) is 5.84. The van der Waals surface area contributed by atoms with Crippen molar-refractivity contribution >= 4 is 5.91 Å². The Labute approximate surface area is 109 Å². The molecule has 6 heteroatoms. The van der Waals surface area contributed by atoms with E-state index in [0.717, 1.165) is 0 Å². The van der Waals surface area contributed by atoms with Crippen molar-refractivity contribution in [2.45, 2.75) is 18.9 Å². The van der Waals surface area contributed by atoms with Crippen LogP contribution >= 0.6 is 0 Å². The van der Waals surface area contributed by atoms with Crippen molar-refractivity contribution in [2.24, 2.45) is 5.92 Å². The number of alkyl halides is 2. The molecule has 0 heterocycles. The summed E-state index contributed by atoms with van der Waals surface area (Å²) in [4.78, 5) is 11.5. The van der Waals surface area contributed by atoms with E-state index in [1.807, 2.05) is 0 Å². The van der Waals surface area contributed by atoms with E-state index in [1.54, 1.807) is 18.2 Å². The van der Waals surface area contributed by atoms with Crippen LogP contribution in [0.2, 0.25) is 0 Å². The molecule has 1 fully saturated rings. The molecule has 2 rings (SSSR count). The van der Waals surface area contributed by atoms with Crippen molar-refractivity contribution in [3.05, 3.63) is 23.8 Å². The summed E-state index contributed by atoms with van der Waals surface area (Å²) < 4.78 is 35.6. The first kappa shape index (κ1) is 13.6. The van der Waals surface area contributed by atoms with E-state index >= 15 is 0 Å². The number of carbonyl (C=O) groups excluding carboxylic acids is 1. The van der Waals surface area contributed by atoms with Crippen LogP contribution in [0.4, 0.5) is 8.78 Å². The van der Waals surface area contributed by atoms with E-state index in [4.69, 9.17) is 9.47 Å². The first-order valence-corrected chi connectivity index (χ1v) is 5.84. The molecule has 1 N–H and O–H groups in total. The Morgan fingerprint density at radius 1 is 1.42 bits per heavy atom. The fourth-order valence-corrected chi connectivity index (χ4v) is 1.80. The molecule has 0 saturated heterocycles. The highest BCUT2D eigenvalue weighted by Gasteiger charge is 2.61. The maximum absolute atomic E-state index is 12.7. The summed E-state index contributed by atoms with van der Waals surface area (Å²) in [6, 6.07) is 5.12. The summed E-state index contributed by atoms with van der Waals surface area (Å²) in [7, 11) is 3.03. The van der Waals surface area contributed by atoms with E-state index in [0.29, 0.717) is 17.1 Å². The van der Waals surface area contributed by atoms with Crippen LogP contribution in [0.5, 0.6) is 11.5 Å². The molecule has 1 aromatic rings. The highest BCUT2D eigenvalue weighted by Crippen LogP contribution is 2.48. The van der Waals surface area contributed by atoms with Gasteiger partial charge in [-0.05, 0) is 12.1 Å².